The predicted molar refractivity (Wildman–Crippen MR) is 66.3 cm³/mol. The van der Waals surface area contributed by atoms with Crippen LogP contribution >= 0.6 is 0 Å². The Labute approximate surface area is 106 Å². The largest absolute Gasteiger partial charge is 0.376 e. The molecule has 0 amide bonds. The van der Waals surface area contributed by atoms with Gasteiger partial charge in [0, 0.05) is 18.2 Å². The average Bonchev–Trinajstić information content (AvgIpc) is 2.38. The molecule has 1 atom stereocenters. The summed E-state index contributed by atoms with van der Waals surface area (Å²) in [6.07, 6.45) is 4.55. The van der Waals surface area contributed by atoms with Crippen LogP contribution in [0.3, 0.4) is 0 Å². The minimum atomic E-state index is -0.536. The predicted octanol–water partition coefficient (Wildman–Crippen LogP) is 3.01. The summed E-state index contributed by atoms with van der Waals surface area (Å²) in [4.78, 5) is 0. The molecule has 1 aromatic rings. The minimum Gasteiger partial charge on any atom is -0.376 e. The molecule has 0 spiro atoms. The summed E-state index contributed by atoms with van der Waals surface area (Å²) in [6, 6.07) is 4.36. The van der Waals surface area contributed by atoms with Crippen molar-refractivity contribution in [3.05, 3.63) is 35.4 Å². The third-order valence-electron chi connectivity index (χ3n) is 3.33. The van der Waals surface area contributed by atoms with E-state index in [-0.39, 0.29) is 12.2 Å². The number of hydrogen-bond donors (Lipinski definition) is 1. The Balaban J connectivity index is 1.71. The third kappa shape index (κ3) is 3.75. The molecule has 1 aliphatic rings. The zero-order valence-electron chi connectivity index (χ0n) is 10.4. The van der Waals surface area contributed by atoms with Gasteiger partial charge in [-0.3, -0.25) is 0 Å². The molecule has 0 bridgehead atoms. The lowest BCUT2D eigenvalue weighted by atomic mass is 10.0. The number of rotatable bonds is 5. The molecular formula is C14H19F2NO. The summed E-state index contributed by atoms with van der Waals surface area (Å²) in [5, 5.41) is 3.41. The van der Waals surface area contributed by atoms with Crippen LogP contribution in [-0.2, 0) is 11.3 Å². The highest BCUT2D eigenvalue weighted by Crippen LogP contribution is 2.14. The van der Waals surface area contributed by atoms with Crippen LogP contribution in [0, 0.1) is 11.6 Å². The summed E-state index contributed by atoms with van der Waals surface area (Å²) in [7, 11) is 0. The fraction of sp³-hybridized carbons (Fsp3) is 0.571. The van der Waals surface area contributed by atoms with Crippen molar-refractivity contribution < 1.29 is 13.5 Å². The first-order chi connectivity index (χ1) is 8.77. The van der Waals surface area contributed by atoms with Crippen molar-refractivity contribution in [2.24, 2.45) is 0 Å². The number of halogens is 2. The first-order valence-corrected chi connectivity index (χ1v) is 6.51. The van der Waals surface area contributed by atoms with Gasteiger partial charge < -0.3 is 10.1 Å². The van der Waals surface area contributed by atoms with E-state index in [1.54, 1.807) is 0 Å². The summed E-state index contributed by atoms with van der Waals surface area (Å²) >= 11 is 0. The Morgan fingerprint density at radius 2 is 2.00 bits per heavy atom. The van der Waals surface area contributed by atoms with Gasteiger partial charge in [-0.15, -0.1) is 0 Å². The molecule has 4 heteroatoms. The third-order valence-corrected chi connectivity index (χ3v) is 3.33. The number of ether oxygens (including phenoxy) is 1. The summed E-state index contributed by atoms with van der Waals surface area (Å²) < 4.78 is 32.0. The number of hydrogen-bond acceptors (Lipinski definition) is 2. The van der Waals surface area contributed by atoms with Crippen LogP contribution in [0.25, 0.3) is 0 Å². The van der Waals surface area contributed by atoms with Crippen LogP contribution in [-0.4, -0.2) is 19.2 Å². The Kier molecular flexibility index (Phi) is 5.08. The van der Waals surface area contributed by atoms with E-state index in [0.717, 1.165) is 19.4 Å². The molecule has 1 N–H and O–H groups in total. The van der Waals surface area contributed by atoms with Crippen molar-refractivity contribution in [3.63, 3.8) is 0 Å². The van der Waals surface area contributed by atoms with Gasteiger partial charge in [-0.1, -0.05) is 12.5 Å². The zero-order chi connectivity index (χ0) is 12.8. The van der Waals surface area contributed by atoms with Crippen molar-refractivity contribution >= 4 is 0 Å². The average molecular weight is 255 g/mol. The van der Waals surface area contributed by atoms with Crippen LogP contribution in [0.2, 0.25) is 0 Å². The molecule has 1 saturated heterocycles. The lowest BCUT2D eigenvalue weighted by molar-refractivity contribution is 0.104. The van der Waals surface area contributed by atoms with E-state index in [4.69, 9.17) is 4.74 Å². The maximum absolute atomic E-state index is 13.3. The monoisotopic (exact) mass is 255 g/mol. The van der Waals surface area contributed by atoms with Crippen molar-refractivity contribution in [2.75, 3.05) is 13.2 Å². The molecule has 18 heavy (non-hydrogen) atoms. The van der Waals surface area contributed by atoms with Gasteiger partial charge in [0.25, 0.3) is 0 Å². The lowest BCUT2D eigenvalue weighted by Gasteiger charge is -2.23. The Morgan fingerprint density at radius 1 is 1.22 bits per heavy atom. The van der Waals surface area contributed by atoms with Gasteiger partial charge >= 0.3 is 0 Å². The highest BCUT2D eigenvalue weighted by Gasteiger charge is 2.12. The highest BCUT2D eigenvalue weighted by molar-refractivity contribution is 5.18. The van der Waals surface area contributed by atoms with E-state index >= 15 is 0 Å². The van der Waals surface area contributed by atoms with Gasteiger partial charge in [0.1, 0.15) is 11.6 Å². The molecule has 1 unspecified atom stereocenters. The topological polar surface area (TPSA) is 21.3 Å². The number of benzene rings is 1. The smallest absolute Gasteiger partial charge is 0.131 e. The zero-order valence-corrected chi connectivity index (χ0v) is 10.4. The van der Waals surface area contributed by atoms with E-state index < -0.39 is 11.6 Å². The molecule has 2 rings (SSSR count). The summed E-state index contributed by atoms with van der Waals surface area (Å²) in [6.45, 7) is 1.60. The molecule has 0 aromatic heterocycles. The van der Waals surface area contributed by atoms with E-state index in [1.165, 1.54) is 31.0 Å². The molecule has 0 saturated carbocycles. The van der Waals surface area contributed by atoms with Crippen molar-refractivity contribution in [1.82, 2.24) is 5.32 Å². The van der Waals surface area contributed by atoms with E-state index in [9.17, 15) is 8.78 Å². The van der Waals surface area contributed by atoms with Crippen molar-refractivity contribution in [3.8, 4) is 0 Å². The van der Waals surface area contributed by atoms with Gasteiger partial charge in [-0.25, -0.2) is 8.78 Å². The molecule has 0 aliphatic carbocycles. The van der Waals surface area contributed by atoms with Crippen molar-refractivity contribution in [1.29, 1.82) is 0 Å². The fourth-order valence-corrected chi connectivity index (χ4v) is 2.24. The van der Waals surface area contributed by atoms with Crippen LogP contribution in [0.4, 0.5) is 8.78 Å². The summed E-state index contributed by atoms with van der Waals surface area (Å²) in [5.74, 6) is -1.07. The fourth-order valence-electron chi connectivity index (χ4n) is 2.24. The van der Waals surface area contributed by atoms with Gasteiger partial charge in [-0.05, 0) is 37.9 Å². The van der Waals surface area contributed by atoms with Gasteiger partial charge in [0.05, 0.1) is 6.61 Å². The van der Waals surface area contributed by atoms with E-state index in [1.807, 2.05) is 0 Å². The Morgan fingerprint density at radius 3 is 2.67 bits per heavy atom. The van der Waals surface area contributed by atoms with Crippen LogP contribution < -0.4 is 5.32 Å². The summed E-state index contributed by atoms with van der Waals surface area (Å²) in [5.41, 5.74) is 0.0223. The van der Waals surface area contributed by atoms with Crippen LogP contribution in [0.15, 0.2) is 18.2 Å². The van der Waals surface area contributed by atoms with Crippen molar-refractivity contribution in [2.45, 2.75) is 38.3 Å². The van der Waals surface area contributed by atoms with E-state index in [0.29, 0.717) is 12.6 Å². The molecule has 1 fully saturated rings. The first kappa shape index (κ1) is 13.4. The molecule has 1 aliphatic heterocycles. The second-order valence-electron chi connectivity index (χ2n) is 4.69. The Bertz CT molecular complexity index is 358. The number of nitrogens with one attached hydrogen (secondary N) is 1. The van der Waals surface area contributed by atoms with Gasteiger partial charge in [0.15, 0.2) is 0 Å². The SMILES string of the molecule is Fc1cccc(F)c1COCCC1CCCCN1. The normalized spacial score (nSPS) is 20.0. The molecule has 1 heterocycles. The molecule has 100 valence electrons. The van der Waals surface area contributed by atoms with Crippen LogP contribution in [0.1, 0.15) is 31.2 Å². The molecule has 2 nitrogen and oxygen atoms in total. The molecule has 1 aromatic carbocycles. The number of piperidine rings is 1. The Hall–Kier alpha value is -1.00. The van der Waals surface area contributed by atoms with Crippen LogP contribution in [0.5, 0.6) is 0 Å². The quantitative estimate of drug-likeness (QED) is 0.817. The maximum atomic E-state index is 13.3. The van der Waals surface area contributed by atoms with Gasteiger partial charge in [-0.2, -0.15) is 0 Å². The first-order valence-electron chi connectivity index (χ1n) is 6.51. The lowest BCUT2D eigenvalue weighted by Crippen LogP contribution is -2.34. The molecular weight excluding hydrogens is 236 g/mol. The van der Waals surface area contributed by atoms with E-state index in [2.05, 4.69) is 5.32 Å². The molecule has 0 radical (unpaired) electrons. The second kappa shape index (κ2) is 6.81. The van der Waals surface area contributed by atoms with Gasteiger partial charge in [0.2, 0.25) is 0 Å². The standard InChI is InChI=1S/C14H19F2NO/c15-13-5-3-6-14(16)12(13)10-18-9-7-11-4-1-2-8-17-11/h3,5-6,11,17H,1-2,4,7-10H2. The maximum Gasteiger partial charge on any atom is 0.131 e. The minimum absolute atomic E-state index is 0.00519. The second-order valence-corrected chi connectivity index (χ2v) is 4.69. The highest BCUT2D eigenvalue weighted by atomic mass is 19.1.